The lowest BCUT2D eigenvalue weighted by atomic mass is 10.1. The zero-order chi connectivity index (χ0) is 12.3. The summed E-state index contributed by atoms with van der Waals surface area (Å²) >= 11 is 11.8. The zero-order valence-electron chi connectivity index (χ0n) is 8.84. The maximum absolute atomic E-state index is 11.3. The Labute approximate surface area is 103 Å². The van der Waals surface area contributed by atoms with Crippen molar-refractivity contribution in [3.8, 4) is 0 Å². The number of hydrogen-bond acceptors (Lipinski definition) is 3. The largest absolute Gasteiger partial charge is 0.461 e. The number of benzene rings is 1. The molecular weight excluding hydrogens is 251 g/mol. The van der Waals surface area contributed by atoms with Crippen molar-refractivity contribution in [3.63, 3.8) is 0 Å². The second-order valence-corrected chi connectivity index (χ2v) is 4.02. The van der Waals surface area contributed by atoms with Crippen molar-refractivity contribution in [2.75, 3.05) is 0 Å². The Hall–Kier alpha value is -1.06. The molecule has 0 aliphatic carbocycles. The normalized spacial score (nSPS) is 10.0. The molecule has 0 bridgehead atoms. The van der Waals surface area contributed by atoms with Crippen molar-refractivity contribution in [1.82, 2.24) is 0 Å². The molecule has 0 radical (unpaired) electrons. The summed E-state index contributed by atoms with van der Waals surface area (Å²) < 4.78 is 4.81. The minimum absolute atomic E-state index is 0.0333. The number of carbonyl (C=O) groups excluding carboxylic acids is 2. The minimum Gasteiger partial charge on any atom is -0.461 e. The van der Waals surface area contributed by atoms with Gasteiger partial charge in [-0.05, 0) is 13.0 Å². The smallest absolute Gasteiger partial charge is 0.302 e. The van der Waals surface area contributed by atoms with Crippen molar-refractivity contribution < 1.29 is 14.3 Å². The fraction of sp³-hybridized carbons (Fsp3) is 0.273. The number of carbonyl (C=O) groups is 2. The molecule has 0 saturated heterocycles. The molecule has 5 heteroatoms. The van der Waals surface area contributed by atoms with E-state index in [1.807, 2.05) is 0 Å². The van der Waals surface area contributed by atoms with Crippen LogP contribution in [0, 0.1) is 0 Å². The molecule has 0 fully saturated rings. The second-order valence-electron chi connectivity index (χ2n) is 3.23. The quantitative estimate of drug-likeness (QED) is 0.619. The summed E-state index contributed by atoms with van der Waals surface area (Å²) in [5.41, 5.74) is 0.819. The fourth-order valence-corrected chi connectivity index (χ4v) is 1.90. The van der Waals surface area contributed by atoms with Gasteiger partial charge in [0, 0.05) is 12.5 Å². The van der Waals surface area contributed by atoms with E-state index < -0.39 is 5.97 Å². The highest BCUT2D eigenvalue weighted by Crippen LogP contribution is 2.29. The van der Waals surface area contributed by atoms with Crippen molar-refractivity contribution >= 4 is 35.0 Å². The van der Waals surface area contributed by atoms with Gasteiger partial charge in [0.2, 0.25) is 0 Å². The Morgan fingerprint density at radius 3 is 2.38 bits per heavy atom. The standard InChI is InChI=1S/C11H10Cl2O3/c1-6(14)10-9(12)4-3-8(11(10)13)5-16-7(2)15/h3-4H,5H2,1-2H3. The predicted molar refractivity (Wildman–Crippen MR) is 61.9 cm³/mol. The molecule has 1 aromatic carbocycles. The molecule has 0 amide bonds. The molecule has 0 N–H and O–H groups in total. The van der Waals surface area contributed by atoms with E-state index in [0.717, 1.165) is 0 Å². The number of esters is 1. The summed E-state index contributed by atoms with van der Waals surface area (Å²) in [5.74, 6) is -0.630. The van der Waals surface area contributed by atoms with Gasteiger partial charge in [0.1, 0.15) is 6.61 Å². The molecular formula is C11H10Cl2O3. The van der Waals surface area contributed by atoms with Crippen LogP contribution in [0.1, 0.15) is 29.8 Å². The van der Waals surface area contributed by atoms with Crippen LogP contribution >= 0.6 is 23.2 Å². The van der Waals surface area contributed by atoms with Crippen LogP contribution in [0.4, 0.5) is 0 Å². The summed E-state index contributed by atoms with van der Waals surface area (Å²) in [6.45, 7) is 2.71. The van der Waals surface area contributed by atoms with E-state index in [2.05, 4.69) is 0 Å². The van der Waals surface area contributed by atoms with Crippen molar-refractivity contribution in [3.05, 3.63) is 33.3 Å². The molecule has 0 aromatic heterocycles. The van der Waals surface area contributed by atoms with Crippen LogP contribution in [0.5, 0.6) is 0 Å². The van der Waals surface area contributed by atoms with E-state index >= 15 is 0 Å². The van der Waals surface area contributed by atoms with E-state index in [-0.39, 0.29) is 23.0 Å². The third-order valence-corrected chi connectivity index (χ3v) is 2.70. The van der Waals surface area contributed by atoms with E-state index in [1.54, 1.807) is 12.1 Å². The predicted octanol–water partition coefficient (Wildman–Crippen LogP) is 3.26. The number of hydrogen-bond donors (Lipinski definition) is 0. The van der Waals surface area contributed by atoms with Gasteiger partial charge in [-0.25, -0.2) is 0 Å². The first kappa shape index (κ1) is 13.0. The number of Topliss-reactive ketones (excluding diaryl/α,β-unsaturated/α-hetero) is 1. The van der Waals surface area contributed by atoms with Crippen molar-refractivity contribution in [1.29, 1.82) is 0 Å². The third-order valence-electron chi connectivity index (χ3n) is 1.95. The highest BCUT2D eigenvalue weighted by Gasteiger charge is 2.14. The van der Waals surface area contributed by atoms with E-state index in [0.29, 0.717) is 10.6 Å². The lowest BCUT2D eigenvalue weighted by molar-refractivity contribution is -0.142. The maximum Gasteiger partial charge on any atom is 0.302 e. The number of halogens is 2. The summed E-state index contributed by atoms with van der Waals surface area (Å²) in [6, 6.07) is 3.18. The average Bonchev–Trinajstić information content (AvgIpc) is 2.15. The third kappa shape index (κ3) is 2.97. The maximum atomic E-state index is 11.3. The molecule has 1 rings (SSSR count). The Bertz CT molecular complexity index is 441. The minimum atomic E-state index is -0.407. The first-order chi connectivity index (χ1) is 7.43. The number of ketones is 1. The van der Waals surface area contributed by atoms with Crippen LogP contribution in [0.2, 0.25) is 10.0 Å². The van der Waals surface area contributed by atoms with Gasteiger partial charge in [-0.2, -0.15) is 0 Å². The van der Waals surface area contributed by atoms with Crippen LogP contribution in [-0.2, 0) is 16.1 Å². The monoisotopic (exact) mass is 260 g/mol. The summed E-state index contributed by atoms with van der Waals surface area (Å²) in [5, 5.41) is 0.533. The summed E-state index contributed by atoms with van der Waals surface area (Å²) in [4.78, 5) is 22.0. The molecule has 0 saturated carbocycles. The molecule has 3 nitrogen and oxygen atoms in total. The Kier molecular flexibility index (Phi) is 4.33. The SMILES string of the molecule is CC(=O)OCc1ccc(Cl)c(C(C)=O)c1Cl. The molecule has 0 heterocycles. The van der Waals surface area contributed by atoms with Crippen molar-refractivity contribution in [2.45, 2.75) is 20.5 Å². The van der Waals surface area contributed by atoms with Crippen LogP contribution < -0.4 is 0 Å². The molecule has 0 aliphatic heterocycles. The first-order valence-corrected chi connectivity index (χ1v) is 5.30. The van der Waals surface area contributed by atoms with E-state index in [1.165, 1.54) is 13.8 Å². The van der Waals surface area contributed by atoms with Crippen LogP contribution in [0.25, 0.3) is 0 Å². The molecule has 86 valence electrons. The number of ether oxygens (including phenoxy) is 1. The first-order valence-electron chi connectivity index (χ1n) is 4.54. The Balaban J connectivity index is 3.08. The van der Waals surface area contributed by atoms with Gasteiger partial charge in [0.05, 0.1) is 15.6 Å². The fourth-order valence-electron chi connectivity index (χ4n) is 1.21. The second kappa shape index (κ2) is 5.32. The van der Waals surface area contributed by atoms with Crippen molar-refractivity contribution in [2.24, 2.45) is 0 Å². The molecule has 1 aromatic rings. The molecule has 16 heavy (non-hydrogen) atoms. The molecule has 0 aliphatic rings. The van der Waals surface area contributed by atoms with Gasteiger partial charge in [0.25, 0.3) is 0 Å². The average molecular weight is 261 g/mol. The van der Waals surface area contributed by atoms with Gasteiger partial charge < -0.3 is 4.74 Å². The van der Waals surface area contributed by atoms with Crippen LogP contribution in [0.3, 0.4) is 0 Å². The topological polar surface area (TPSA) is 43.4 Å². The van der Waals surface area contributed by atoms with E-state index in [4.69, 9.17) is 27.9 Å². The van der Waals surface area contributed by atoms with Gasteiger partial charge in [-0.15, -0.1) is 0 Å². The van der Waals surface area contributed by atoms with Crippen LogP contribution in [0.15, 0.2) is 12.1 Å². The van der Waals surface area contributed by atoms with E-state index in [9.17, 15) is 9.59 Å². The highest BCUT2D eigenvalue weighted by molar-refractivity contribution is 6.40. The van der Waals surface area contributed by atoms with Gasteiger partial charge >= 0.3 is 5.97 Å². The Morgan fingerprint density at radius 1 is 1.25 bits per heavy atom. The summed E-state index contributed by atoms with van der Waals surface area (Å²) in [6.07, 6.45) is 0. The lowest BCUT2D eigenvalue weighted by Gasteiger charge is -2.09. The van der Waals surface area contributed by atoms with Crippen LogP contribution in [-0.4, -0.2) is 11.8 Å². The lowest BCUT2D eigenvalue weighted by Crippen LogP contribution is -2.03. The highest BCUT2D eigenvalue weighted by atomic mass is 35.5. The van der Waals surface area contributed by atoms with Gasteiger partial charge in [-0.3, -0.25) is 9.59 Å². The molecule has 0 atom stereocenters. The zero-order valence-corrected chi connectivity index (χ0v) is 10.4. The number of rotatable bonds is 3. The molecule has 0 unspecified atom stereocenters. The summed E-state index contributed by atoms with van der Waals surface area (Å²) in [7, 11) is 0. The Morgan fingerprint density at radius 2 is 1.88 bits per heavy atom. The molecule has 0 spiro atoms. The van der Waals surface area contributed by atoms with Gasteiger partial charge in [-0.1, -0.05) is 29.3 Å². The van der Waals surface area contributed by atoms with Gasteiger partial charge in [0.15, 0.2) is 5.78 Å².